The fraction of sp³-hybridized carbons (Fsp3) is 0.467. The van der Waals surface area contributed by atoms with Crippen molar-refractivity contribution in [2.45, 2.75) is 37.1 Å². The lowest BCUT2D eigenvalue weighted by atomic mass is 9.72. The van der Waals surface area contributed by atoms with E-state index >= 15 is 0 Å². The molecule has 0 aromatic heterocycles. The molecule has 1 saturated carbocycles. The first kappa shape index (κ1) is 14.7. The number of hydrogen-bond donors (Lipinski definition) is 1. The Morgan fingerprint density at radius 1 is 1.36 bits per heavy atom. The van der Waals surface area contributed by atoms with Crippen LogP contribution in [0.15, 0.2) is 24.3 Å². The van der Waals surface area contributed by atoms with Crippen LogP contribution in [0.3, 0.4) is 0 Å². The summed E-state index contributed by atoms with van der Waals surface area (Å²) in [5.74, 6) is -2.93. The molecule has 0 radical (unpaired) electrons. The van der Waals surface area contributed by atoms with Crippen molar-refractivity contribution in [3.05, 3.63) is 29.8 Å². The molecule has 7 heteroatoms. The van der Waals surface area contributed by atoms with Crippen molar-refractivity contribution in [1.29, 1.82) is 5.26 Å². The number of carbonyl (C=O) groups is 1. The molecule has 3 atom stereocenters. The van der Waals surface area contributed by atoms with E-state index in [1.807, 2.05) is 11.4 Å². The zero-order valence-electron chi connectivity index (χ0n) is 11.5. The third-order valence-corrected chi connectivity index (χ3v) is 4.32. The summed E-state index contributed by atoms with van der Waals surface area (Å²) < 4.78 is 43.7. The Morgan fingerprint density at radius 2 is 2.09 bits per heavy atom. The summed E-state index contributed by atoms with van der Waals surface area (Å²) in [5.41, 5.74) is -0.895. The van der Waals surface area contributed by atoms with E-state index in [2.05, 4.69) is 0 Å². The summed E-state index contributed by atoms with van der Waals surface area (Å²) in [6, 6.07) is 8.88. The summed E-state index contributed by atoms with van der Waals surface area (Å²) in [5, 5.41) is 11.3. The molecule has 1 fully saturated rings. The molecule has 116 valence electrons. The number of nitrogens with zero attached hydrogens (tertiary/aromatic N) is 1. The van der Waals surface area contributed by atoms with E-state index in [0.717, 1.165) is 5.56 Å². The van der Waals surface area contributed by atoms with E-state index in [0.29, 0.717) is 25.0 Å². The average Bonchev–Trinajstić information content (AvgIpc) is 2.79. The van der Waals surface area contributed by atoms with Crippen molar-refractivity contribution in [3.63, 3.8) is 0 Å². The molecule has 2 aliphatic rings. The van der Waals surface area contributed by atoms with Gasteiger partial charge in [0, 0.05) is 11.5 Å². The molecule has 1 unspecified atom stereocenters. The average molecular weight is 310 g/mol. The SMILES string of the molecule is N#CC1CCC[C@@H]2c3ccccc3O[C@]12NC(=O)C(F)(F)F. The largest absolute Gasteiger partial charge is 0.471 e. The van der Waals surface area contributed by atoms with Crippen molar-refractivity contribution in [2.24, 2.45) is 5.92 Å². The zero-order valence-corrected chi connectivity index (χ0v) is 11.5. The molecule has 4 nitrogen and oxygen atoms in total. The molecule has 3 rings (SSSR count). The lowest BCUT2D eigenvalue weighted by Crippen LogP contribution is -2.62. The highest BCUT2D eigenvalue weighted by Gasteiger charge is 2.59. The first-order valence-corrected chi connectivity index (χ1v) is 6.95. The number of rotatable bonds is 1. The molecule has 1 amide bonds. The number of nitriles is 1. The van der Waals surface area contributed by atoms with Gasteiger partial charge in [-0.1, -0.05) is 24.6 Å². The van der Waals surface area contributed by atoms with Crippen molar-refractivity contribution in [3.8, 4) is 11.8 Å². The quantitative estimate of drug-likeness (QED) is 0.867. The normalized spacial score (nSPS) is 29.7. The van der Waals surface area contributed by atoms with Crippen LogP contribution in [0.25, 0.3) is 0 Å². The number of carbonyl (C=O) groups excluding carboxylic acids is 1. The summed E-state index contributed by atoms with van der Waals surface area (Å²) in [6.07, 6.45) is -3.37. The summed E-state index contributed by atoms with van der Waals surface area (Å²) in [6.45, 7) is 0. The topological polar surface area (TPSA) is 62.1 Å². The van der Waals surface area contributed by atoms with E-state index in [9.17, 15) is 23.2 Å². The molecular formula is C15H13F3N2O2. The van der Waals surface area contributed by atoms with Crippen molar-refractivity contribution in [1.82, 2.24) is 5.32 Å². The van der Waals surface area contributed by atoms with Gasteiger partial charge >= 0.3 is 12.1 Å². The van der Waals surface area contributed by atoms with Crippen molar-refractivity contribution >= 4 is 5.91 Å². The molecule has 1 heterocycles. The van der Waals surface area contributed by atoms with Crippen LogP contribution in [0.1, 0.15) is 30.7 Å². The van der Waals surface area contributed by atoms with Crippen LogP contribution in [0.5, 0.6) is 5.75 Å². The third-order valence-electron chi connectivity index (χ3n) is 4.32. The molecular weight excluding hydrogens is 297 g/mol. The maximum Gasteiger partial charge on any atom is 0.471 e. The number of amides is 1. The van der Waals surface area contributed by atoms with Gasteiger partial charge < -0.3 is 10.1 Å². The van der Waals surface area contributed by atoms with Gasteiger partial charge in [-0.3, -0.25) is 4.79 Å². The van der Waals surface area contributed by atoms with Crippen molar-refractivity contribution in [2.75, 3.05) is 0 Å². The Kier molecular flexibility index (Phi) is 3.28. The van der Waals surface area contributed by atoms with Gasteiger partial charge in [0.25, 0.3) is 0 Å². The van der Waals surface area contributed by atoms with Crippen LogP contribution < -0.4 is 10.1 Å². The zero-order chi connectivity index (χ0) is 16.0. The lowest BCUT2D eigenvalue weighted by Gasteiger charge is -2.42. The van der Waals surface area contributed by atoms with Crippen LogP contribution in [0.2, 0.25) is 0 Å². The first-order valence-electron chi connectivity index (χ1n) is 6.95. The van der Waals surface area contributed by atoms with Crippen LogP contribution in [0.4, 0.5) is 13.2 Å². The predicted octanol–water partition coefficient (Wildman–Crippen LogP) is 2.86. The second-order valence-electron chi connectivity index (χ2n) is 5.55. The van der Waals surface area contributed by atoms with Gasteiger partial charge in [0.05, 0.1) is 6.07 Å². The van der Waals surface area contributed by atoms with Crippen LogP contribution >= 0.6 is 0 Å². The molecule has 0 bridgehead atoms. The Hall–Kier alpha value is -2.23. The van der Waals surface area contributed by atoms with Gasteiger partial charge in [0.2, 0.25) is 5.72 Å². The summed E-state index contributed by atoms with van der Waals surface area (Å²) in [7, 11) is 0. The van der Waals surface area contributed by atoms with E-state index in [1.54, 1.807) is 24.3 Å². The van der Waals surface area contributed by atoms with Gasteiger partial charge in [-0.15, -0.1) is 0 Å². The fourth-order valence-electron chi connectivity index (χ4n) is 3.38. The van der Waals surface area contributed by atoms with Gasteiger partial charge in [-0.05, 0) is 18.9 Å². The molecule has 1 aliphatic carbocycles. The molecule has 1 aromatic rings. The van der Waals surface area contributed by atoms with E-state index in [-0.39, 0.29) is 0 Å². The van der Waals surface area contributed by atoms with Gasteiger partial charge in [0.15, 0.2) is 0 Å². The smallest absolute Gasteiger partial charge is 0.466 e. The second kappa shape index (κ2) is 4.90. The number of fused-ring (bicyclic) bond motifs is 3. The highest BCUT2D eigenvalue weighted by atomic mass is 19.4. The Balaban J connectivity index is 2.04. The van der Waals surface area contributed by atoms with Gasteiger partial charge in [-0.2, -0.15) is 18.4 Å². The summed E-state index contributed by atoms with van der Waals surface area (Å²) in [4.78, 5) is 11.5. The minimum Gasteiger partial charge on any atom is -0.466 e. The molecule has 1 N–H and O–H groups in total. The monoisotopic (exact) mass is 310 g/mol. The minimum absolute atomic E-state index is 0.388. The maximum atomic E-state index is 12.7. The Morgan fingerprint density at radius 3 is 2.77 bits per heavy atom. The molecule has 1 aliphatic heterocycles. The minimum atomic E-state index is -5.02. The fourth-order valence-corrected chi connectivity index (χ4v) is 3.38. The standard InChI is InChI=1S/C15H13F3N2O2/c16-15(17,18)13(21)20-14-9(8-19)4-3-6-11(14)10-5-1-2-7-12(10)22-14/h1-2,5,7,9,11H,3-4,6H2,(H,20,21)/t9?,11-,14-/m1/s1. The number of halogens is 3. The number of hydrogen-bond acceptors (Lipinski definition) is 3. The van der Waals surface area contributed by atoms with E-state index in [4.69, 9.17) is 4.74 Å². The maximum absolute atomic E-state index is 12.7. The predicted molar refractivity (Wildman–Crippen MR) is 69.7 cm³/mol. The van der Waals surface area contributed by atoms with Crippen LogP contribution in [0, 0.1) is 17.2 Å². The summed E-state index contributed by atoms with van der Waals surface area (Å²) >= 11 is 0. The number of para-hydroxylation sites is 1. The Bertz CT molecular complexity index is 653. The van der Waals surface area contributed by atoms with Crippen molar-refractivity contribution < 1.29 is 22.7 Å². The van der Waals surface area contributed by atoms with E-state index in [1.165, 1.54) is 0 Å². The third kappa shape index (κ3) is 2.10. The highest BCUT2D eigenvalue weighted by molar-refractivity contribution is 5.82. The van der Waals surface area contributed by atoms with Gasteiger partial charge in [0.1, 0.15) is 11.7 Å². The first-order chi connectivity index (χ1) is 10.4. The highest BCUT2D eigenvalue weighted by Crippen LogP contribution is 2.53. The van der Waals surface area contributed by atoms with Gasteiger partial charge in [-0.25, -0.2) is 0 Å². The molecule has 1 aromatic carbocycles. The second-order valence-corrected chi connectivity index (χ2v) is 5.55. The van der Waals surface area contributed by atoms with Crippen LogP contribution in [-0.2, 0) is 4.79 Å². The van der Waals surface area contributed by atoms with Crippen LogP contribution in [-0.4, -0.2) is 17.8 Å². The Labute approximate surface area is 124 Å². The number of ether oxygens (including phenoxy) is 1. The van der Waals surface area contributed by atoms with E-state index < -0.39 is 29.6 Å². The molecule has 0 saturated heterocycles. The molecule has 0 spiro atoms. The lowest BCUT2D eigenvalue weighted by molar-refractivity contribution is -0.182. The number of nitrogens with one attached hydrogen (secondary N) is 1. The molecule has 22 heavy (non-hydrogen) atoms. The number of alkyl halides is 3. The number of benzene rings is 1.